The van der Waals surface area contributed by atoms with E-state index in [0.29, 0.717) is 6.17 Å². The molecule has 4 aliphatic rings. The molecule has 4 aliphatic heterocycles. The molecule has 0 aromatic heterocycles. The molecule has 1 aromatic rings. The minimum Gasteiger partial charge on any atom is -0.282 e. The average molecular weight is 270 g/mol. The third kappa shape index (κ3) is 1.26. The number of nitrogens with zero attached hydrogens (tertiary/aromatic N) is 4. The van der Waals surface area contributed by atoms with Gasteiger partial charge in [-0.15, -0.1) is 0 Å². The van der Waals surface area contributed by atoms with E-state index in [1.54, 1.807) is 0 Å². The maximum Gasteiger partial charge on any atom is 0.130 e. The Bertz CT molecular complexity index is 492. The van der Waals surface area contributed by atoms with Gasteiger partial charge in [0.05, 0.1) is 6.17 Å². The molecule has 1 aromatic carbocycles. The zero-order chi connectivity index (χ0) is 13.2. The predicted octanol–water partition coefficient (Wildman–Crippen LogP) is 0.428. The summed E-state index contributed by atoms with van der Waals surface area (Å²) in [5.41, 5.74) is 1.62. The zero-order valence-electron chi connectivity index (χ0n) is 11.9. The smallest absolute Gasteiger partial charge is 0.130 e. The summed E-state index contributed by atoms with van der Waals surface area (Å²) < 4.78 is 0. The molecule has 20 heavy (non-hydrogen) atoms. The van der Waals surface area contributed by atoms with Crippen molar-refractivity contribution in [3.05, 3.63) is 35.9 Å². The van der Waals surface area contributed by atoms with Crippen molar-refractivity contribution < 1.29 is 0 Å². The molecule has 0 atom stereocenters. The summed E-state index contributed by atoms with van der Waals surface area (Å²) in [5.74, 6) is 0. The Morgan fingerprint density at radius 2 is 1.20 bits per heavy atom. The Kier molecular flexibility index (Phi) is 2.36. The molecule has 0 N–H and O–H groups in total. The largest absolute Gasteiger partial charge is 0.282 e. The Morgan fingerprint density at radius 1 is 0.700 bits per heavy atom. The van der Waals surface area contributed by atoms with Gasteiger partial charge in [0, 0.05) is 52.4 Å². The molecule has 0 bridgehead atoms. The maximum absolute atomic E-state index is 2.75. The molecule has 4 saturated heterocycles. The van der Waals surface area contributed by atoms with E-state index in [0.717, 1.165) is 0 Å². The van der Waals surface area contributed by atoms with Crippen LogP contribution in [0.1, 0.15) is 5.56 Å². The fourth-order valence-electron chi connectivity index (χ4n) is 5.08. The van der Waals surface area contributed by atoms with Gasteiger partial charge in [0.1, 0.15) is 5.66 Å². The topological polar surface area (TPSA) is 13.0 Å². The average Bonchev–Trinajstić information content (AvgIpc) is 3.08. The molecule has 0 spiro atoms. The zero-order valence-corrected chi connectivity index (χ0v) is 11.9. The summed E-state index contributed by atoms with van der Waals surface area (Å²) in [6, 6.07) is 11.2. The van der Waals surface area contributed by atoms with Crippen molar-refractivity contribution >= 4 is 0 Å². The van der Waals surface area contributed by atoms with Gasteiger partial charge >= 0.3 is 0 Å². The molecule has 0 saturated carbocycles. The fourth-order valence-corrected chi connectivity index (χ4v) is 5.08. The number of benzene rings is 1. The SMILES string of the molecule is c1ccc(C23C4N5CCN4CCN2CCN3CC5)cc1. The van der Waals surface area contributed by atoms with Crippen LogP contribution in [0.4, 0.5) is 0 Å². The lowest BCUT2D eigenvalue weighted by Gasteiger charge is -2.59. The normalized spacial score (nSPS) is 38.3. The lowest BCUT2D eigenvalue weighted by molar-refractivity contribution is -0.159. The van der Waals surface area contributed by atoms with Gasteiger partial charge in [-0.25, -0.2) is 0 Å². The molecular weight excluding hydrogens is 248 g/mol. The van der Waals surface area contributed by atoms with Gasteiger partial charge in [-0.05, 0) is 5.56 Å². The van der Waals surface area contributed by atoms with Gasteiger partial charge < -0.3 is 0 Å². The third-order valence-corrected chi connectivity index (χ3v) is 5.84. The van der Waals surface area contributed by atoms with E-state index in [1.165, 1.54) is 57.9 Å². The van der Waals surface area contributed by atoms with Crippen molar-refractivity contribution in [3.8, 4) is 0 Å². The lowest BCUT2D eigenvalue weighted by Crippen LogP contribution is -2.73. The van der Waals surface area contributed by atoms with Crippen molar-refractivity contribution in [3.63, 3.8) is 0 Å². The second-order valence-corrected chi connectivity index (χ2v) is 6.51. The highest BCUT2D eigenvalue weighted by Crippen LogP contribution is 2.48. The number of hydrogen-bond acceptors (Lipinski definition) is 4. The molecule has 4 heterocycles. The molecule has 0 amide bonds. The van der Waals surface area contributed by atoms with Crippen LogP contribution in [0.3, 0.4) is 0 Å². The van der Waals surface area contributed by atoms with Crippen LogP contribution in [0.5, 0.6) is 0 Å². The molecule has 106 valence electrons. The van der Waals surface area contributed by atoms with Crippen molar-refractivity contribution in [1.82, 2.24) is 19.6 Å². The van der Waals surface area contributed by atoms with Crippen LogP contribution in [0.2, 0.25) is 0 Å². The molecule has 4 nitrogen and oxygen atoms in total. The van der Waals surface area contributed by atoms with Crippen molar-refractivity contribution in [1.29, 1.82) is 0 Å². The highest BCUT2D eigenvalue weighted by molar-refractivity contribution is 5.31. The van der Waals surface area contributed by atoms with Crippen molar-refractivity contribution in [2.45, 2.75) is 11.8 Å². The van der Waals surface area contributed by atoms with Crippen LogP contribution in [-0.4, -0.2) is 78.1 Å². The van der Waals surface area contributed by atoms with Crippen LogP contribution in [0, 0.1) is 0 Å². The first kappa shape index (κ1) is 11.7. The molecule has 4 heteroatoms. The lowest BCUT2D eigenvalue weighted by atomic mass is 9.89. The van der Waals surface area contributed by atoms with Gasteiger partial charge in [-0.3, -0.25) is 19.6 Å². The molecule has 0 aliphatic carbocycles. The summed E-state index contributed by atoms with van der Waals surface area (Å²) in [5, 5.41) is 0. The van der Waals surface area contributed by atoms with Crippen LogP contribution in [0.25, 0.3) is 0 Å². The van der Waals surface area contributed by atoms with E-state index in [1.807, 2.05) is 0 Å². The fraction of sp³-hybridized carbons (Fsp3) is 0.625. The Morgan fingerprint density at radius 3 is 1.80 bits per heavy atom. The number of hydrogen-bond donors (Lipinski definition) is 0. The second kappa shape index (κ2) is 4.04. The predicted molar refractivity (Wildman–Crippen MR) is 78.2 cm³/mol. The Hall–Kier alpha value is -0.940. The van der Waals surface area contributed by atoms with Gasteiger partial charge in [-0.2, -0.15) is 0 Å². The summed E-state index contributed by atoms with van der Waals surface area (Å²) in [6.07, 6.45) is 0.565. The Labute approximate surface area is 120 Å². The minimum atomic E-state index is 0.119. The molecule has 4 fully saturated rings. The van der Waals surface area contributed by atoms with Crippen LogP contribution < -0.4 is 0 Å². The Balaban J connectivity index is 1.72. The number of piperazine rings is 2. The first-order chi connectivity index (χ1) is 9.90. The van der Waals surface area contributed by atoms with Crippen molar-refractivity contribution in [2.24, 2.45) is 0 Å². The van der Waals surface area contributed by atoms with Crippen LogP contribution >= 0.6 is 0 Å². The maximum atomic E-state index is 2.75. The van der Waals surface area contributed by atoms with E-state index in [9.17, 15) is 0 Å². The summed E-state index contributed by atoms with van der Waals surface area (Å²) >= 11 is 0. The van der Waals surface area contributed by atoms with E-state index in [4.69, 9.17) is 0 Å². The summed E-state index contributed by atoms with van der Waals surface area (Å²) in [4.78, 5) is 10.9. The van der Waals surface area contributed by atoms with E-state index in [-0.39, 0.29) is 5.66 Å². The molecule has 0 radical (unpaired) electrons. The quantitative estimate of drug-likeness (QED) is 0.733. The van der Waals surface area contributed by atoms with E-state index >= 15 is 0 Å². The van der Waals surface area contributed by atoms with Crippen LogP contribution in [0.15, 0.2) is 30.3 Å². The van der Waals surface area contributed by atoms with Gasteiger partial charge in [-0.1, -0.05) is 30.3 Å². The number of rotatable bonds is 1. The van der Waals surface area contributed by atoms with E-state index in [2.05, 4.69) is 49.9 Å². The molecule has 0 unspecified atom stereocenters. The summed E-state index contributed by atoms with van der Waals surface area (Å²) in [6.45, 7) is 9.88. The monoisotopic (exact) mass is 270 g/mol. The van der Waals surface area contributed by atoms with Crippen molar-refractivity contribution in [2.75, 3.05) is 52.4 Å². The summed E-state index contributed by atoms with van der Waals surface area (Å²) in [7, 11) is 0. The molecule has 5 rings (SSSR count). The first-order valence-electron chi connectivity index (χ1n) is 7.94. The highest BCUT2D eigenvalue weighted by Gasteiger charge is 2.62. The minimum absolute atomic E-state index is 0.119. The third-order valence-electron chi connectivity index (χ3n) is 5.84. The van der Waals surface area contributed by atoms with Gasteiger partial charge in [0.25, 0.3) is 0 Å². The van der Waals surface area contributed by atoms with Crippen LogP contribution in [-0.2, 0) is 5.66 Å². The molecular formula is C16H22N4. The van der Waals surface area contributed by atoms with E-state index < -0.39 is 0 Å². The van der Waals surface area contributed by atoms with Gasteiger partial charge in [0.15, 0.2) is 0 Å². The highest BCUT2D eigenvalue weighted by atomic mass is 15.6. The second-order valence-electron chi connectivity index (χ2n) is 6.51. The first-order valence-corrected chi connectivity index (χ1v) is 7.94. The standard InChI is InChI=1S/C16H22N4/c1-2-4-14(5-3-1)16-15-17-6-7-18(15)9-11-20(16)13-12-19(16)10-8-17/h1-5,15H,6-13H2. The van der Waals surface area contributed by atoms with Gasteiger partial charge in [0.2, 0.25) is 0 Å².